The molecule has 0 radical (unpaired) electrons. The van der Waals surface area contributed by atoms with Crippen molar-refractivity contribution in [1.82, 2.24) is 10.6 Å². The van der Waals surface area contributed by atoms with E-state index < -0.39 is 60.7 Å². The van der Waals surface area contributed by atoms with Gasteiger partial charge in [-0.1, -0.05) is 6.92 Å². The van der Waals surface area contributed by atoms with Gasteiger partial charge in [0.2, 0.25) is 6.29 Å². The van der Waals surface area contributed by atoms with E-state index in [0.29, 0.717) is 25.1 Å². The van der Waals surface area contributed by atoms with Crippen LogP contribution in [0.5, 0.6) is 0 Å². The second kappa shape index (κ2) is 11.2. The second-order valence-corrected chi connectivity index (χ2v) is 9.31. The Bertz CT molecular complexity index is 669. The molecular weight excluding hydrogens is 434 g/mol. The first-order chi connectivity index (χ1) is 15.6. The first-order valence-electron chi connectivity index (χ1n) is 11.6. The van der Waals surface area contributed by atoms with Gasteiger partial charge in [-0.05, 0) is 39.4 Å². The van der Waals surface area contributed by atoms with Crippen molar-refractivity contribution in [1.29, 1.82) is 0 Å². The number of likely N-dealkylation sites (N-methyl/N-ethyl adjacent to an activating group) is 2. The molecule has 11 atom stereocenters. The van der Waals surface area contributed by atoms with Crippen molar-refractivity contribution >= 4 is 0 Å². The fourth-order valence-electron chi connectivity index (χ4n) is 4.86. The summed E-state index contributed by atoms with van der Waals surface area (Å²) in [4.78, 5) is 0. The lowest BCUT2D eigenvalue weighted by Crippen LogP contribution is -2.69. The van der Waals surface area contributed by atoms with Crippen molar-refractivity contribution in [3.8, 4) is 0 Å². The highest BCUT2D eigenvalue weighted by molar-refractivity contribution is 5.05. The third kappa shape index (κ3) is 5.85. The van der Waals surface area contributed by atoms with E-state index >= 15 is 0 Å². The minimum absolute atomic E-state index is 0.0483. The summed E-state index contributed by atoms with van der Waals surface area (Å²) in [7, 11) is 1.64. The van der Waals surface area contributed by atoms with Crippen LogP contribution in [-0.4, -0.2) is 109 Å². The topological polar surface area (TPSA) is 200 Å². The van der Waals surface area contributed by atoms with Crippen molar-refractivity contribution in [3.63, 3.8) is 0 Å². The summed E-state index contributed by atoms with van der Waals surface area (Å²) in [5, 5.41) is 38.8. The van der Waals surface area contributed by atoms with Gasteiger partial charge in [0, 0.05) is 12.1 Å². The van der Waals surface area contributed by atoms with E-state index in [1.165, 1.54) is 0 Å². The number of hydrogen-bond donors (Lipinski definition) is 8. The van der Waals surface area contributed by atoms with Gasteiger partial charge in [0.15, 0.2) is 6.29 Å². The molecule has 2 fully saturated rings. The molecule has 0 aromatic rings. The number of rotatable bonds is 8. The quantitative estimate of drug-likeness (QED) is 0.175. The molecular formula is C21H41N5O7. The lowest BCUT2D eigenvalue weighted by Gasteiger charge is -2.49. The van der Waals surface area contributed by atoms with E-state index in [9.17, 15) is 15.3 Å². The minimum atomic E-state index is -1.28. The number of aliphatic hydroxyl groups is 3. The van der Waals surface area contributed by atoms with Gasteiger partial charge in [-0.3, -0.25) is 0 Å². The lowest BCUT2D eigenvalue weighted by molar-refractivity contribution is -0.304. The van der Waals surface area contributed by atoms with Crippen molar-refractivity contribution in [3.05, 3.63) is 11.8 Å². The summed E-state index contributed by atoms with van der Waals surface area (Å²) < 4.78 is 23.6. The molecule has 0 spiro atoms. The van der Waals surface area contributed by atoms with Gasteiger partial charge in [-0.2, -0.15) is 0 Å². The highest BCUT2D eigenvalue weighted by Gasteiger charge is 2.51. The maximum absolute atomic E-state index is 11.3. The van der Waals surface area contributed by atoms with Gasteiger partial charge in [0.05, 0.1) is 25.2 Å². The summed E-state index contributed by atoms with van der Waals surface area (Å²) >= 11 is 0. The number of aliphatic hydroxyl groups excluding tert-OH is 2. The van der Waals surface area contributed by atoms with E-state index in [4.69, 9.17) is 36.1 Å². The second-order valence-electron chi connectivity index (χ2n) is 9.31. The van der Waals surface area contributed by atoms with Crippen LogP contribution in [-0.2, 0) is 18.9 Å². The summed E-state index contributed by atoms with van der Waals surface area (Å²) in [5.74, 6) is 0.572. The van der Waals surface area contributed by atoms with Gasteiger partial charge >= 0.3 is 0 Å². The number of nitrogens with one attached hydrogen (secondary N) is 2. The van der Waals surface area contributed by atoms with Crippen LogP contribution >= 0.6 is 0 Å². The maximum Gasteiger partial charge on any atom is 0.215 e. The summed E-state index contributed by atoms with van der Waals surface area (Å²) in [6.45, 7) is 4.30. The molecule has 0 amide bonds. The van der Waals surface area contributed by atoms with E-state index in [-0.39, 0.29) is 19.2 Å². The first-order valence-corrected chi connectivity index (χ1v) is 11.6. The number of ether oxygens (including phenoxy) is 4. The minimum Gasteiger partial charge on any atom is -0.467 e. The molecule has 12 nitrogen and oxygen atoms in total. The van der Waals surface area contributed by atoms with Crippen LogP contribution in [0, 0.1) is 0 Å². The Hall–Kier alpha value is -0.900. The van der Waals surface area contributed by atoms with Crippen LogP contribution in [0.15, 0.2) is 11.8 Å². The molecule has 3 aliphatic rings. The molecule has 2 aliphatic heterocycles. The third-order valence-corrected chi connectivity index (χ3v) is 6.64. The van der Waals surface area contributed by atoms with Crippen molar-refractivity contribution in [2.75, 3.05) is 26.7 Å². The molecule has 0 aromatic carbocycles. The van der Waals surface area contributed by atoms with Gasteiger partial charge < -0.3 is 62.1 Å². The Labute approximate surface area is 194 Å². The van der Waals surface area contributed by atoms with Crippen molar-refractivity contribution < 1.29 is 34.3 Å². The smallest absolute Gasteiger partial charge is 0.215 e. The Morgan fingerprint density at radius 1 is 1.15 bits per heavy atom. The summed E-state index contributed by atoms with van der Waals surface area (Å²) in [5.41, 5.74) is 16.9. The van der Waals surface area contributed by atoms with E-state index in [2.05, 4.69) is 10.6 Å². The molecule has 1 saturated carbocycles. The zero-order valence-electron chi connectivity index (χ0n) is 19.6. The fraction of sp³-hybridized carbons (Fsp3) is 0.905. The zero-order chi connectivity index (χ0) is 24.3. The summed E-state index contributed by atoms with van der Waals surface area (Å²) in [6, 6.07) is -1.95. The average molecular weight is 476 g/mol. The SMILES string of the molecule is CCN[C@H]1C[C@H](N)[C@@H](O[C@H]2OC(CN)=CC[C@H]2N)[C@H](O)[C@H]1O[C@H]1OC[C@](C)(O)[C@H](NC)[C@H]1O. The molecule has 0 aromatic heterocycles. The predicted octanol–water partition coefficient (Wildman–Crippen LogP) is -3.20. The normalized spacial score (nSPS) is 46.5. The monoisotopic (exact) mass is 475 g/mol. The molecule has 1 saturated heterocycles. The highest BCUT2D eigenvalue weighted by atomic mass is 16.7. The van der Waals surface area contributed by atoms with E-state index in [0.717, 1.165) is 0 Å². The van der Waals surface area contributed by atoms with Crippen LogP contribution in [0.2, 0.25) is 0 Å². The van der Waals surface area contributed by atoms with Crippen molar-refractivity contribution in [2.45, 2.75) is 93.5 Å². The maximum atomic E-state index is 11.3. The van der Waals surface area contributed by atoms with Crippen LogP contribution in [0.1, 0.15) is 26.7 Å². The Morgan fingerprint density at radius 3 is 2.48 bits per heavy atom. The third-order valence-electron chi connectivity index (χ3n) is 6.64. The van der Waals surface area contributed by atoms with Gasteiger partial charge in [-0.25, -0.2) is 0 Å². The lowest BCUT2D eigenvalue weighted by atomic mass is 9.83. The van der Waals surface area contributed by atoms with E-state index in [1.54, 1.807) is 14.0 Å². The molecule has 192 valence electrons. The Kier molecular flexibility index (Phi) is 9.08. The Balaban J connectivity index is 1.75. The first kappa shape index (κ1) is 26.7. The zero-order valence-corrected chi connectivity index (χ0v) is 19.6. The molecule has 0 unspecified atom stereocenters. The number of nitrogens with two attached hydrogens (primary N) is 3. The molecule has 12 heteroatoms. The molecule has 1 aliphatic carbocycles. The summed E-state index contributed by atoms with van der Waals surface area (Å²) in [6.07, 6.45) is -3.05. The standard InChI is InChI=1S/C21H41N5O7/c1-4-26-13-7-12(24)16(32-19-11(23)6-5-10(8-22)31-19)14(27)17(13)33-20-15(28)18(25-3)21(2,29)9-30-20/h5,11-20,25-29H,4,6-9,22-24H2,1-3H3/t11-,12+,13+,14+,15-,16-,17+,18-,19-,20-,21+/m1/s1. The molecule has 33 heavy (non-hydrogen) atoms. The largest absolute Gasteiger partial charge is 0.467 e. The van der Waals surface area contributed by atoms with Crippen LogP contribution < -0.4 is 27.8 Å². The predicted molar refractivity (Wildman–Crippen MR) is 120 cm³/mol. The van der Waals surface area contributed by atoms with Crippen LogP contribution in [0.25, 0.3) is 0 Å². The molecule has 3 rings (SSSR count). The fourth-order valence-corrected chi connectivity index (χ4v) is 4.86. The van der Waals surface area contributed by atoms with Crippen molar-refractivity contribution in [2.24, 2.45) is 17.2 Å². The molecule has 2 heterocycles. The van der Waals surface area contributed by atoms with Gasteiger partial charge in [0.1, 0.15) is 35.8 Å². The average Bonchev–Trinajstić information content (AvgIpc) is 2.76. The van der Waals surface area contributed by atoms with Crippen LogP contribution in [0.4, 0.5) is 0 Å². The van der Waals surface area contributed by atoms with Gasteiger partial charge in [-0.15, -0.1) is 0 Å². The Morgan fingerprint density at radius 2 is 1.85 bits per heavy atom. The molecule has 11 N–H and O–H groups in total. The number of hydrogen-bond acceptors (Lipinski definition) is 12. The highest BCUT2D eigenvalue weighted by Crippen LogP contribution is 2.31. The van der Waals surface area contributed by atoms with Crippen LogP contribution in [0.3, 0.4) is 0 Å². The van der Waals surface area contributed by atoms with Gasteiger partial charge in [0.25, 0.3) is 0 Å². The molecule has 0 bridgehead atoms. The van der Waals surface area contributed by atoms with E-state index in [1.807, 2.05) is 13.0 Å².